The SMILES string of the molecule is C[C@@]12C(=CC(=O)C(F)=C1F)CC[C@@H]1[C@@H]2C(O)C[C@@]2(C)[C@H]1CC[C@]2(O)C(=O)CO. The first-order valence-corrected chi connectivity index (χ1v) is 9.88. The van der Waals surface area contributed by atoms with Gasteiger partial charge in [-0.3, -0.25) is 9.59 Å². The van der Waals surface area contributed by atoms with Crippen molar-refractivity contribution >= 4 is 11.6 Å². The monoisotopic (exact) mass is 396 g/mol. The summed E-state index contributed by atoms with van der Waals surface area (Å²) in [7, 11) is 0. The number of hydrogen-bond donors (Lipinski definition) is 3. The predicted octanol–water partition coefficient (Wildman–Crippen LogP) is 2.15. The van der Waals surface area contributed by atoms with Crippen molar-refractivity contribution in [3.63, 3.8) is 0 Å². The Morgan fingerprint density at radius 2 is 1.96 bits per heavy atom. The van der Waals surface area contributed by atoms with Gasteiger partial charge in [0.2, 0.25) is 11.6 Å². The van der Waals surface area contributed by atoms with Gasteiger partial charge in [-0.05, 0) is 56.9 Å². The first-order valence-electron chi connectivity index (χ1n) is 9.88. The highest BCUT2D eigenvalue weighted by Crippen LogP contribution is 2.68. The molecule has 0 aromatic rings. The minimum Gasteiger partial charge on any atom is -0.393 e. The van der Waals surface area contributed by atoms with Crippen molar-refractivity contribution in [3.05, 3.63) is 23.3 Å². The lowest BCUT2D eigenvalue weighted by Crippen LogP contribution is -2.62. The maximum absolute atomic E-state index is 15.1. The molecule has 0 amide bonds. The summed E-state index contributed by atoms with van der Waals surface area (Å²) in [5, 5.41) is 31.5. The number of aliphatic hydroxyl groups excluding tert-OH is 2. The number of rotatable bonds is 2. The Balaban J connectivity index is 1.80. The van der Waals surface area contributed by atoms with Gasteiger partial charge < -0.3 is 15.3 Å². The van der Waals surface area contributed by atoms with Crippen molar-refractivity contribution in [2.45, 2.75) is 57.7 Å². The normalized spacial score (nSPS) is 48.0. The van der Waals surface area contributed by atoms with Crippen LogP contribution >= 0.6 is 0 Å². The predicted molar refractivity (Wildman–Crippen MR) is 95.2 cm³/mol. The third-order valence-corrected chi connectivity index (χ3v) is 8.46. The zero-order valence-electron chi connectivity index (χ0n) is 16.0. The van der Waals surface area contributed by atoms with E-state index >= 15 is 4.39 Å². The van der Waals surface area contributed by atoms with Gasteiger partial charge >= 0.3 is 0 Å². The van der Waals surface area contributed by atoms with Crippen LogP contribution in [0.15, 0.2) is 23.3 Å². The lowest BCUT2D eigenvalue weighted by atomic mass is 9.46. The van der Waals surface area contributed by atoms with E-state index in [1.807, 2.05) is 0 Å². The molecule has 3 N–H and O–H groups in total. The Morgan fingerprint density at radius 3 is 2.61 bits per heavy atom. The van der Waals surface area contributed by atoms with Gasteiger partial charge in [-0.15, -0.1) is 0 Å². The molecule has 1 unspecified atom stereocenters. The molecule has 7 atom stereocenters. The Morgan fingerprint density at radius 1 is 1.29 bits per heavy atom. The van der Waals surface area contributed by atoms with Gasteiger partial charge in [0.05, 0.1) is 6.10 Å². The van der Waals surface area contributed by atoms with Crippen LogP contribution in [0, 0.1) is 28.6 Å². The van der Waals surface area contributed by atoms with Gasteiger partial charge in [0.1, 0.15) is 18.0 Å². The fourth-order valence-corrected chi connectivity index (χ4v) is 7.02. The summed E-state index contributed by atoms with van der Waals surface area (Å²) < 4.78 is 29.3. The van der Waals surface area contributed by atoms with Crippen molar-refractivity contribution in [3.8, 4) is 0 Å². The van der Waals surface area contributed by atoms with Crippen molar-refractivity contribution in [2.24, 2.45) is 28.6 Å². The summed E-state index contributed by atoms with van der Waals surface area (Å²) in [5.41, 5.74) is -3.59. The zero-order chi connectivity index (χ0) is 20.6. The highest BCUT2D eigenvalue weighted by atomic mass is 19.2. The van der Waals surface area contributed by atoms with E-state index in [0.29, 0.717) is 24.8 Å². The molecule has 3 saturated carbocycles. The topological polar surface area (TPSA) is 94.8 Å². The number of allylic oxidation sites excluding steroid dienone is 4. The molecule has 0 radical (unpaired) electrons. The minimum absolute atomic E-state index is 0.0484. The molecule has 0 heterocycles. The van der Waals surface area contributed by atoms with Crippen LogP contribution in [0.25, 0.3) is 0 Å². The number of fused-ring (bicyclic) bond motifs is 5. The largest absolute Gasteiger partial charge is 0.393 e. The van der Waals surface area contributed by atoms with Crippen molar-refractivity contribution < 1.29 is 33.7 Å². The molecule has 0 aromatic carbocycles. The molecule has 5 nitrogen and oxygen atoms in total. The summed E-state index contributed by atoms with van der Waals surface area (Å²) in [5.74, 6) is -5.20. The zero-order valence-corrected chi connectivity index (χ0v) is 16.0. The first-order chi connectivity index (χ1) is 13.0. The molecule has 0 bridgehead atoms. The fraction of sp³-hybridized carbons (Fsp3) is 0.714. The molecule has 0 aromatic heterocycles. The number of carbonyl (C=O) groups is 2. The second-order valence-corrected chi connectivity index (χ2v) is 9.37. The number of aliphatic hydroxyl groups is 3. The number of hydrogen-bond acceptors (Lipinski definition) is 5. The fourth-order valence-electron chi connectivity index (χ4n) is 7.02. The van der Waals surface area contributed by atoms with Gasteiger partial charge in [0, 0.05) is 16.7 Å². The van der Waals surface area contributed by atoms with Crippen LogP contribution < -0.4 is 0 Å². The van der Waals surface area contributed by atoms with Crippen LogP contribution in [-0.2, 0) is 9.59 Å². The third kappa shape index (κ3) is 2.15. The average molecular weight is 396 g/mol. The van der Waals surface area contributed by atoms with Gasteiger partial charge in [0.15, 0.2) is 5.78 Å². The van der Waals surface area contributed by atoms with Gasteiger partial charge in [0.25, 0.3) is 0 Å². The van der Waals surface area contributed by atoms with Crippen LogP contribution in [0.5, 0.6) is 0 Å². The molecule has 0 spiro atoms. The second-order valence-electron chi connectivity index (χ2n) is 9.37. The first kappa shape index (κ1) is 19.9. The van der Waals surface area contributed by atoms with Crippen LogP contribution in [0.3, 0.4) is 0 Å². The summed E-state index contributed by atoms with van der Waals surface area (Å²) in [6.45, 7) is 2.52. The average Bonchev–Trinajstić information content (AvgIpc) is 2.92. The number of halogens is 2. The van der Waals surface area contributed by atoms with E-state index < -0.39 is 58.3 Å². The summed E-state index contributed by atoms with van der Waals surface area (Å²) in [4.78, 5) is 24.1. The molecule has 4 aliphatic rings. The van der Waals surface area contributed by atoms with E-state index in [0.717, 1.165) is 6.08 Å². The van der Waals surface area contributed by atoms with Crippen molar-refractivity contribution in [1.82, 2.24) is 0 Å². The summed E-state index contributed by atoms with van der Waals surface area (Å²) >= 11 is 0. The number of Topliss-reactive ketones (excluding diaryl/α,β-unsaturated/α-hetero) is 1. The molecule has 7 heteroatoms. The Labute approximate surface area is 162 Å². The molecule has 0 saturated heterocycles. The second kappa shape index (κ2) is 6.03. The van der Waals surface area contributed by atoms with Gasteiger partial charge in [-0.2, -0.15) is 4.39 Å². The van der Waals surface area contributed by atoms with E-state index in [1.165, 1.54) is 0 Å². The molecular formula is C21H26F2O5. The molecule has 4 rings (SSSR count). The van der Waals surface area contributed by atoms with E-state index in [4.69, 9.17) is 0 Å². The highest BCUT2D eigenvalue weighted by Gasteiger charge is 2.69. The van der Waals surface area contributed by atoms with E-state index in [-0.39, 0.29) is 24.7 Å². The molecule has 4 aliphatic carbocycles. The van der Waals surface area contributed by atoms with E-state index in [9.17, 15) is 29.3 Å². The molecular weight excluding hydrogens is 370 g/mol. The Kier molecular flexibility index (Phi) is 4.28. The van der Waals surface area contributed by atoms with Crippen LogP contribution in [0.2, 0.25) is 0 Å². The summed E-state index contributed by atoms with van der Waals surface area (Å²) in [6.07, 6.45) is 1.78. The summed E-state index contributed by atoms with van der Waals surface area (Å²) in [6, 6.07) is 0. The lowest BCUT2D eigenvalue weighted by molar-refractivity contribution is -0.180. The Bertz CT molecular complexity index is 820. The maximum Gasteiger partial charge on any atom is 0.216 e. The van der Waals surface area contributed by atoms with Crippen LogP contribution in [0.1, 0.15) is 46.0 Å². The van der Waals surface area contributed by atoms with E-state index in [1.54, 1.807) is 13.8 Å². The van der Waals surface area contributed by atoms with Crippen LogP contribution in [-0.4, -0.2) is 45.2 Å². The molecule has 154 valence electrons. The van der Waals surface area contributed by atoms with Crippen molar-refractivity contribution in [2.75, 3.05) is 6.61 Å². The smallest absolute Gasteiger partial charge is 0.216 e. The quantitative estimate of drug-likeness (QED) is 0.665. The van der Waals surface area contributed by atoms with Crippen molar-refractivity contribution in [1.29, 1.82) is 0 Å². The molecule has 3 fully saturated rings. The third-order valence-electron chi connectivity index (χ3n) is 8.46. The van der Waals surface area contributed by atoms with Crippen LogP contribution in [0.4, 0.5) is 8.78 Å². The molecule has 28 heavy (non-hydrogen) atoms. The molecule has 0 aliphatic heterocycles. The lowest BCUT2D eigenvalue weighted by Gasteiger charge is -2.59. The van der Waals surface area contributed by atoms with E-state index in [2.05, 4.69) is 0 Å². The Hall–Kier alpha value is -1.44. The minimum atomic E-state index is -1.74. The number of carbonyl (C=O) groups excluding carboxylic acids is 2. The maximum atomic E-state index is 15.1. The highest BCUT2D eigenvalue weighted by molar-refractivity contribution is 6.04. The number of ketones is 2. The standard InChI is InChI=1S/C21H26F2O5/c1-19-8-14(26)16-11(12(19)5-6-21(19,28)15(27)9-24)4-3-10-7-13(25)17(22)18(23)20(10,16)2/h7,11-12,14,16,24,26,28H,3-6,8-9H2,1-2H3/t11-,12-,14?,16+,19-,20-,21-/m0/s1. The van der Waals surface area contributed by atoms with Gasteiger partial charge in [-0.1, -0.05) is 12.5 Å². The van der Waals surface area contributed by atoms with Gasteiger partial charge in [-0.25, -0.2) is 4.39 Å².